The zero-order valence-electron chi connectivity index (χ0n) is 17.2. The normalized spacial score (nSPS) is 10.6. The number of anilines is 2. The highest BCUT2D eigenvalue weighted by atomic mass is 16.5. The minimum Gasteiger partial charge on any atom is -0.496 e. The molecular weight excluding hydrogens is 374 g/mol. The molecule has 0 saturated heterocycles. The second kappa shape index (κ2) is 9.18. The van der Waals surface area contributed by atoms with E-state index in [0.29, 0.717) is 13.1 Å². The second-order valence-corrected chi connectivity index (χ2v) is 6.93. The van der Waals surface area contributed by atoms with Crippen LogP contribution in [0.4, 0.5) is 11.5 Å². The van der Waals surface area contributed by atoms with Crippen molar-refractivity contribution in [1.82, 2.24) is 4.98 Å². The van der Waals surface area contributed by atoms with Crippen LogP contribution in [-0.2, 0) is 13.1 Å². The van der Waals surface area contributed by atoms with Crippen molar-refractivity contribution in [1.29, 1.82) is 0 Å². The van der Waals surface area contributed by atoms with E-state index >= 15 is 0 Å². The number of hydrogen-bond acceptors (Lipinski definition) is 5. The summed E-state index contributed by atoms with van der Waals surface area (Å²) in [5, 5.41) is 7.93. The van der Waals surface area contributed by atoms with Crippen LogP contribution in [0.2, 0.25) is 0 Å². The first kappa shape index (κ1) is 19.6. The number of rotatable bonds is 8. The Hall–Kier alpha value is -3.73. The number of aromatic nitrogens is 1. The van der Waals surface area contributed by atoms with Gasteiger partial charge in [-0.15, -0.1) is 0 Å². The fraction of sp³-hybridized carbons (Fsp3) is 0.160. The van der Waals surface area contributed by atoms with E-state index in [9.17, 15) is 0 Å². The van der Waals surface area contributed by atoms with Gasteiger partial charge in [0.15, 0.2) is 0 Å². The van der Waals surface area contributed by atoms with Gasteiger partial charge in [-0.05, 0) is 42.5 Å². The number of ether oxygens (including phenoxy) is 2. The standard InChI is InChI=1S/C25H25N3O2/c1-29-23-9-5-3-7-19(23)16-26-21-12-13-22-18(15-21)11-14-25(28-22)27-17-20-8-4-6-10-24(20)30-2/h3-15,26H,16-17H2,1-2H3,(H,27,28). The molecule has 0 radical (unpaired) electrons. The third kappa shape index (κ3) is 4.46. The molecule has 0 spiro atoms. The monoisotopic (exact) mass is 399 g/mol. The van der Waals surface area contributed by atoms with Gasteiger partial charge in [-0.1, -0.05) is 36.4 Å². The third-order valence-corrected chi connectivity index (χ3v) is 5.02. The summed E-state index contributed by atoms with van der Waals surface area (Å²) in [6.07, 6.45) is 0. The van der Waals surface area contributed by atoms with Crippen LogP contribution in [-0.4, -0.2) is 19.2 Å². The molecule has 5 nitrogen and oxygen atoms in total. The molecule has 152 valence electrons. The molecule has 0 fully saturated rings. The summed E-state index contributed by atoms with van der Waals surface area (Å²) in [6, 6.07) is 26.3. The number of pyridine rings is 1. The molecule has 0 aliphatic carbocycles. The van der Waals surface area contributed by atoms with Crippen molar-refractivity contribution < 1.29 is 9.47 Å². The van der Waals surface area contributed by atoms with Crippen LogP contribution >= 0.6 is 0 Å². The molecule has 0 saturated carbocycles. The highest BCUT2D eigenvalue weighted by Gasteiger charge is 2.05. The number of para-hydroxylation sites is 2. The third-order valence-electron chi connectivity index (χ3n) is 5.02. The highest BCUT2D eigenvalue weighted by Crippen LogP contribution is 2.23. The average Bonchev–Trinajstić information content (AvgIpc) is 2.81. The van der Waals surface area contributed by atoms with E-state index in [0.717, 1.165) is 45.0 Å². The number of methoxy groups -OCH3 is 2. The quantitative estimate of drug-likeness (QED) is 0.411. The van der Waals surface area contributed by atoms with Gasteiger partial charge in [0.1, 0.15) is 17.3 Å². The Labute approximate surface area is 176 Å². The first-order valence-corrected chi connectivity index (χ1v) is 9.89. The average molecular weight is 399 g/mol. The zero-order chi connectivity index (χ0) is 20.8. The first-order chi connectivity index (χ1) is 14.8. The van der Waals surface area contributed by atoms with Crippen molar-refractivity contribution in [2.45, 2.75) is 13.1 Å². The van der Waals surface area contributed by atoms with E-state index < -0.39 is 0 Å². The molecule has 0 aliphatic heterocycles. The predicted octanol–water partition coefficient (Wildman–Crippen LogP) is 5.48. The Kier molecular flexibility index (Phi) is 5.99. The molecule has 2 N–H and O–H groups in total. The van der Waals surface area contributed by atoms with Crippen LogP contribution < -0.4 is 20.1 Å². The van der Waals surface area contributed by atoms with Crippen LogP contribution in [0.5, 0.6) is 11.5 Å². The van der Waals surface area contributed by atoms with Crippen molar-refractivity contribution in [2.75, 3.05) is 24.9 Å². The van der Waals surface area contributed by atoms with Gasteiger partial charge in [-0.2, -0.15) is 0 Å². The lowest BCUT2D eigenvalue weighted by Gasteiger charge is -2.12. The van der Waals surface area contributed by atoms with Crippen molar-refractivity contribution in [3.63, 3.8) is 0 Å². The van der Waals surface area contributed by atoms with Crippen LogP contribution in [0, 0.1) is 0 Å². The molecule has 0 unspecified atom stereocenters. The summed E-state index contributed by atoms with van der Waals surface area (Å²) < 4.78 is 10.8. The van der Waals surface area contributed by atoms with Gasteiger partial charge in [-0.3, -0.25) is 0 Å². The van der Waals surface area contributed by atoms with E-state index in [1.165, 1.54) is 0 Å². The van der Waals surface area contributed by atoms with Crippen molar-refractivity contribution in [2.24, 2.45) is 0 Å². The maximum atomic E-state index is 5.42. The number of fused-ring (bicyclic) bond motifs is 1. The van der Waals surface area contributed by atoms with Gasteiger partial charge in [0.2, 0.25) is 0 Å². The summed E-state index contributed by atoms with van der Waals surface area (Å²) in [5.74, 6) is 2.60. The van der Waals surface area contributed by atoms with Gasteiger partial charge in [0.25, 0.3) is 0 Å². The number of nitrogens with one attached hydrogen (secondary N) is 2. The van der Waals surface area contributed by atoms with E-state index in [-0.39, 0.29) is 0 Å². The summed E-state index contributed by atoms with van der Waals surface area (Å²) >= 11 is 0. The molecular formula is C25H25N3O2. The molecule has 0 bridgehead atoms. The Balaban J connectivity index is 1.44. The molecule has 0 atom stereocenters. The number of hydrogen-bond donors (Lipinski definition) is 2. The fourth-order valence-corrected chi connectivity index (χ4v) is 3.42. The molecule has 1 aromatic heterocycles. The largest absolute Gasteiger partial charge is 0.496 e. The van der Waals surface area contributed by atoms with E-state index in [2.05, 4.69) is 34.9 Å². The molecule has 0 amide bonds. The molecule has 4 aromatic rings. The maximum Gasteiger partial charge on any atom is 0.126 e. The van der Waals surface area contributed by atoms with Crippen molar-refractivity contribution in [3.05, 3.63) is 90.0 Å². The summed E-state index contributed by atoms with van der Waals surface area (Å²) in [4.78, 5) is 4.73. The second-order valence-electron chi connectivity index (χ2n) is 6.93. The van der Waals surface area contributed by atoms with Gasteiger partial charge in [-0.25, -0.2) is 4.98 Å². The molecule has 1 heterocycles. The van der Waals surface area contributed by atoms with E-state index in [1.807, 2.05) is 54.6 Å². The molecule has 30 heavy (non-hydrogen) atoms. The van der Waals surface area contributed by atoms with Crippen LogP contribution in [0.15, 0.2) is 78.9 Å². The minimum absolute atomic E-state index is 0.654. The summed E-state index contributed by atoms with van der Waals surface area (Å²) in [7, 11) is 3.38. The van der Waals surface area contributed by atoms with Gasteiger partial charge >= 0.3 is 0 Å². The van der Waals surface area contributed by atoms with Crippen LogP contribution in [0.1, 0.15) is 11.1 Å². The predicted molar refractivity (Wildman–Crippen MR) is 122 cm³/mol. The number of benzene rings is 3. The molecule has 4 rings (SSSR count). The highest BCUT2D eigenvalue weighted by molar-refractivity contribution is 5.83. The van der Waals surface area contributed by atoms with E-state index in [4.69, 9.17) is 14.5 Å². The Morgan fingerprint density at radius 2 is 1.33 bits per heavy atom. The minimum atomic E-state index is 0.654. The molecule has 3 aromatic carbocycles. The SMILES string of the molecule is COc1ccccc1CNc1ccc2nc(NCc3ccccc3OC)ccc2c1. The summed E-state index contributed by atoms with van der Waals surface area (Å²) in [6.45, 7) is 1.35. The summed E-state index contributed by atoms with van der Waals surface area (Å²) in [5.41, 5.74) is 4.21. The Bertz CT molecular complexity index is 1050. The van der Waals surface area contributed by atoms with E-state index in [1.54, 1.807) is 14.2 Å². The molecule has 5 heteroatoms. The lowest BCUT2D eigenvalue weighted by atomic mass is 10.1. The maximum absolute atomic E-state index is 5.42. The van der Waals surface area contributed by atoms with Crippen molar-refractivity contribution >= 4 is 22.4 Å². The van der Waals surface area contributed by atoms with Gasteiger partial charge < -0.3 is 20.1 Å². The lowest BCUT2D eigenvalue weighted by molar-refractivity contribution is 0.410. The van der Waals surface area contributed by atoms with Crippen molar-refractivity contribution in [3.8, 4) is 11.5 Å². The molecule has 0 aliphatic rings. The van der Waals surface area contributed by atoms with Crippen LogP contribution in [0.3, 0.4) is 0 Å². The zero-order valence-corrected chi connectivity index (χ0v) is 17.2. The topological polar surface area (TPSA) is 55.4 Å². The first-order valence-electron chi connectivity index (χ1n) is 9.89. The van der Waals surface area contributed by atoms with Gasteiger partial charge in [0, 0.05) is 35.3 Å². The number of nitrogens with zero attached hydrogens (tertiary/aromatic N) is 1. The van der Waals surface area contributed by atoms with Crippen LogP contribution in [0.25, 0.3) is 10.9 Å². The van der Waals surface area contributed by atoms with Gasteiger partial charge in [0.05, 0.1) is 19.7 Å². The smallest absolute Gasteiger partial charge is 0.126 e. The Morgan fingerprint density at radius 3 is 2.00 bits per heavy atom. The Morgan fingerprint density at radius 1 is 0.700 bits per heavy atom. The fourth-order valence-electron chi connectivity index (χ4n) is 3.42. The lowest BCUT2D eigenvalue weighted by Crippen LogP contribution is -2.03.